The fourth-order valence-electron chi connectivity index (χ4n) is 5.17. The van der Waals surface area contributed by atoms with Crippen LogP contribution < -0.4 is 11.1 Å². The maximum Gasteiger partial charge on any atom is 0.407 e. The van der Waals surface area contributed by atoms with Gasteiger partial charge in [-0.25, -0.2) is 4.79 Å². The topological polar surface area (TPSA) is 116 Å². The maximum absolute atomic E-state index is 12.7. The van der Waals surface area contributed by atoms with Crippen LogP contribution in [0.2, 0.25) is 0 Å². The highest BCUT2D eigenvalue weighted by Crippen LogP contribution is 2.59. The predicted molar refractivity (Wildman–Crippen MR) is 116 cm³/mol. The van der Waals surface area contributed by atoms with E-state index >= 15 is 0 Å². The summed E-state index contributed by atoms with van der Waals surface area (Å²) in [5.41, 5.74) is 6.45. The van der Waals surface area contributed by atoms with E-state index in [0.29, 0.717) is 19.3 Å². The summed E-state index contributed by atoms with van der Waals surface area (Å²) in [5.74, 6) is -0.0481. The van der Waals surface area contributed by atoms with Crippen molar-refractivity contribution in [1.82, 2.24) is 5.32 Å². The summed E-state index contributed by atoms with van der Waals surface area (Å²) in [6, 6.07) is -1.29. The van der Waals surface area contributed by atoms with Gasteiger partial charge in [0.25, 0.3) is 0 Å². The zero-order valence-electron chi connectivity index (χ0n) is 19.6. The van der Waals surface area contributed by atoms with Crippen molar-refractivity contribution in [2.24, 2.45) is 17.6 Å². The summed E-state index contributed by atoms with van der Waals surface area (Å²) in [4.78, 5) is 23.8. The van der Waals surface area contributed by atoms with Crippen molar-refractivity contribution in [3.8, 4) is 0 Å². The van der Waals surface area contributed by atoms with Crippen LogP contribution in [0.3, 0.4) is 0 Å². The van der Waals surface area contributed by atoms with Gasteiger partial charge in [0.15, 0.2) is 0 Å². The average Bonchev–Trinajstić information content (AvgIpc) is 3.62. The van der Waals surface area contributed by atoms with Crippen molar-refractivity contribution in [2.45, 2.75) is 95.5 Å². The molecule has 3 aliphatic rings. The molecular formula is C23H38N2O6. The Hall–Kier alpha value is -1.48. The Morgan fingerprint density at radius 1 is 1.35 bits per heavy atom. The minimum atomic E-state index is -0.789. The first-order valence-electron chi connectivity index (χ1n) is 11.2. The minimum absolute atomic E-state index is 0.0113. The van der Waals surface area contributed by atoms with Crippen molar-refractivity contribution in [3.05, 3.63) is 11.6 Å². The second-order valence-corrected chi connectivity index (χ2v) is 9.95. The van der Waals surface area contributed by atoms with Gasteiger partial charge in [-0.3, -0.25) is 0 Å². The van der Waals surface area contributed by atoms with Gasteiger partial charge < -0.3 is 34.8 Å². The van der Waals surface area contributed by atoms with Crippen LogP contribution in [0.25, 0.3) is 0 Å². The molecule has 3 N–H and O–H groups in total. The summed E-state index contributed by atoms with van der Waals surface area (Å²) in [7, 11) is 1.64. The molecule has 8 atom stereocenters. The molecular weight excluding hydrogens is 400 g/mol. The van der Waals surface area contributed by atoms with Crippen molar-refractivity contribution in [1.29, 1.82) is 0 Å². The number of carbonyl (C=O) groups is 2. The van der Waals surface area contributed by atoms with E-state index in [4.69, 9.17) is 24.7 Å². The molecule has 31 heavy (non-hydrogen) atoms. The number of aldehydes is 1. The Bertz CT molecular complexity index is 702. The monoisotopic (exact) mass is 438 g/mol. The predicted octanol–water partition coefficient (Wildman–Crippen LogP) is 2.34. The zero-order chi connectivity index (χ0) is 23.0. The summed E-state index contributed by atoms with van der Waals surface area (Å²) >= 11 is 0. The maximum atomic E-state index is 12.7. The lowest BCUT2D eigenvalue weighted by Crippen LogP contribution is -2.57. The Kier molecular flexibility index (Phi) is 7.15. The minimum Gasteiger partial charge on any atom is -0.443 e. The van der Waals surface area contributed by atoms with E-state index in [9.17, 15) is 9.59 Å². The molecule has 2 heterocycles. The molecule has 3 rings (SSSR count). The lowest BCUT2D eigenvalue weighted by atomic mass is 9.68. The number of rotatable bonds is 9. The second-order valence-electron chi connectivity index (χ2n) is 9.95. The van der Waals surface area contributed by atoms with Crippen LogP contribution in [0.4, 0.5) is 4.79 Å². The fourth-order valence-corrected chi connectivity index (χ4v) is 5.17. The molecule has 1 saturated carbocycles. The molecule has 8 heteroatoms. The number of amides is 1. The van der Waals surface area contributed by atoms with E-state index in [-0.39, 0.29) is 35.2 Å². The fraction of sp³-hybridized carbons (Fsp3) is 0.826. The standard InChI is InChI=1S/C23H38N2O6/c1-13(2)7-8-17-22(5,31-17)20-19(28-6)16(9-10-23(20)12-29-23)30-21(27)25-18(14(3)4)15(24)11-26/h7,11,14-20H,8-10,12,24H2,1-6H3,(H,25,27)/t15?,16-,17-,18-,19-,20-,22+,23+/m1/s1. The number of epoxide rings is 2. The molecule has 2 saturated heterocycles. The van der Waals surface area contributed by atoms with Gasteiger partial charge >= 0.3 is 6.09 Å². The van der Waals surface area contributed by atoms with Gasteiger partial charge in [-0.1, -0.05) is 25.5 Å². The van der Waals surface area contributed by atoms with Crippen LogP contribution in [0.5, 0.6) is 0 Å². The van der Waals surface area contributed by atoms with Crippen molar-refractivity contribution >= 4 is 12.4 Å². The van der Waals surface area contributed by atoms with E-state index in [1.54, 1.807) is 7.11 Å². The molecule has 1 aliphatic carbocycles. The highest BCUT2D eigenvalue weighted by atomic mass is 16.6. The van der Waals surface area contributed by atoms with Crippen molar-refractivity contribution in [3.63, 3.8) is 0 Å². The van der Waals surface area contributed by atoms with Gasteiger partial charge in [0.1, 0.15) is 29.7 Å². The largest absolute Gasteiger partial charge is 0.443 e. The van der Waals surface area contributed by atoms with Crippen LogP contribution in [0.15, 0.2) is 11.6 Å². The van der Waals surface area contributed by atoms with Crippen LogP contribution in [0.1, 0.15) is 53.9 Å². The molecule has 1 unspecified atom stereocenters. The number of hydrogen-bond acceptors (Lipinski definition) is 7. The lowest BCUT2D eigenvalue weighted by Gasteiger charge is -2.42. The van der Waals surface area contributed by atoms with Crippen LogP contribution >= 0.6 is 0 Å². The summed E-state index contributed by atoms with van der Waals surface area (Å²) < 4.78 is 23.8. The normalized spacial score (nSPS) is 38.3. The Balaban J connectivity index is 1.71. The number of nitrogens with two attached hydrogens (primary N) is 1. The van der Waals surface area contributed by atoms with E-state index in [0.717, 1.165) is 12.8 Å². The highest BCUT2D eigenvalue weighted by Gasteiger charge is 2.72. The van der Waals surface area contributed by atoms with Gasteiger partial charge in [-0.05, 0) is 46.0 Å². The molecule has 8 nitrogen and oxygen atoms in total. The second kappa shape index (κ2) is 9.17. The van der Waals surface area contributed by atoms with Crippen molar-refractivity contribution in [2.75, 3.05) is 13.7 Å². The first-order valence-corrected chi connectivity index (χ1v) is 11.2. The van der Waals surface area contributed by atoms with Crippen LogP contribution in [0, 0.1) is 11.8 Å². The Labute approximate surface area is 185 Å². The Morgan fingerprint density at radius 3 is 2.55 bits per heavy atom. The number of carbonyl (C=O) groups excluding carboxylic acids is 2. The van der Waals surface area contributed by atoms with E-state index in [1.165, 1.54) is 5.57 Å². The average molecular weight is 439 g/mol. The molecule has 0 bridgehead atoms. The van der Waals surface area contributed by atoms with Crippen molar-refractivity contribution < 1.29 is 28.5 Å². The van der Waals surface area contributed by atoms with Gasteiger partial charge in [0, 0.05) is 7.11 Å². The molecule has 0 radical (unpaired) electrons. The lowest BCUT2D eigenvalue weighted by molar-refractivity contribution is -0.118. The van der Waals surface area contributed by atoms with Crippen LogP contribution in [-0.4, -0.2) is 67.7 Å². The number of nitrogens with one attached hydrogen (secondary N) is 1. The summed E-state index contributed by atoms with van der Waals surface area (Å²) in [5, 5.41) is 2.76. The first kappa shape index (κ1) is 24.2. The van der Waals surface area contributed by atoms with Gasteiger partial charge in [0.2, 0.25) is 0 Å². The quantitative estimate of drug-likeness (QED) is 0.322. The number of methoxy groups -OCH3 is 1. The Morgan fingerprint density at radius 2 is 2.03 bits per heavy atom. The number of hydrogen-bond donors (Lipinski definition) is 2. The number of allylic oxidation sites excluding steroid dienone is 1. The summed E-state index contributed by atoms with van der Waals surface area (Å²) in [6.07, 6.45) is 3.82. The van der Waals surface area contributed by atoms with Gasteiger partial charge in [0.05, 0.1) is 30.7 Å². The first-order chi connectivity index (χ1) is 14.6. The van der Waals surface area contributed by atoms with E-state index in [1.807, 2.05) is 13.8 Å². The molecule has 0 aromatic rings. The molecule has 176 valence electrons. The number of alkyl carbamates (subject to hydrolysis) is 1. The molecule has 0 aromatic heterocycles. The summed E-state index contributed by atoms with van der Waals surface area (Å²) in [6.45, 7) is 10.7. The molecule has 2 aliphatic heterocycles. The SMILES string of the molecule is CO[C@@H]1[C@H](OC(=O)N[C@H](C(C)C)C(N)C=O)CC[C@]2(CO2)[C@H]1[C@@]1(C)O[C@@H]1CC=C(C)C. The van der Waals surface area contributed by atoms with Crippen LogP contribution in [-0.2, 0) is 23.7 Å². The molecule has 1 spiro atoms. The molecule has 3 fully saturated rings. The van der Waals surface area contributed by atoms with E-state index < -0.39 is 24.3 Å². The molecule has 1 amide bonds. The zero-order valence-corrected chi connectivity index (χ0v) is 19.6. The highest BCUT2D eigenvalue weighted by molar-refractivity contribution is 5.69. The third-order valence-corrected chi connectivity index (χ3v) is 7.07. The third-order valence-electron chi connectivity index (χ3n) is 7.07. The number of ether oxygens (including phenoxy) is 4. The smallest absolute Gasteiger partial charge is 0.407 e. The van der Waals surface area contributed by atoms with E-state index in [2.05, 4.69) is 32.2 Å². The molecule has 0 aromatic carbocycles. The van der Waals surface area contributed by atoms with Gasteiger partial charge in [-0.15, -0.1) is 0 Å². The van der Waals surface area contributed by atoms with Gasteiger partial charge in [-0.2, -0.15) is 0 Å². The third kappa shape index (κ3) is 4.97.